The molecule has 0 aliphatic carbocycles. The summed E-state index contributed by atoms with van der Waals surface area (Å²) in [6.07, 6.45) is -0.488. The molecule has 0 spiro atoms. The number of ether oxygens (including phenoxy) is 2. The van der Waals surface area contributed by atoms with Crippen molar-refractivity contribution in [3.8, 4) is 5.75 Å². The summed E-state index contributed by atoms with van der Waals surface area (Å²) < 4.78 is 10.8. The van der Waals surface area contributed by atoms with Gasteiger partial charge in [0.2, 0.25) is 0 Å². The molecule has 1 aliphatic heterocycles. The van der Waals surface area contributed by atoms with Gasteiger partial charge in [-0.1, -0.05) is 23.7 Å². The third-order valence-corrected chi connectivity index (χ3v) is 4.05. The Labute approximate surface area is 129 Å². The Hall–Kier alpha value is -1.30. The molecule has 3 atom stereocenters. The lowest BCUT2D eigenvalue weighted by atomic mass is 9.97. The average Bonchev–Trinajstić information content (AvgIpc) is 2.79. The molecule has 116 valence electrons. The minimum Gasteiger partial charge on any atom is -0.479 e. The van der Waals surface area contributed by atoms with Gasteiger partial charge < -0.3 is 19.9 Å². The van der Waals surface area contributed by atoms with Crippen molar-refractivity contribution in [1.29, 1.82) is 0 Å². The lowest BCUT2D eigenvalue weighted by molar-refractivity contribution is -0.129. The summed E-state index contributed by atoms with van der Waals surface area (Å²) in [5.74, 6) is 0.153. The van der Waals surface area contributed by atoms with Gasteiger partial charge in [-0.05, 0) is 26.0 Å². The quantitative estimate of drug-likeness (QED) is 0.869. The topological polar surface area (TPSA) is 67.8 Å². The van der Waals surface area contributed by atoms with Crippen molar-refractivity contribution in [1.82, 2.24) is 5.32 Å². The van der Waals surface area contributed by atoms with Crippen LogP contribution in [0.15, 0.2) is 24.3 Å². The van der Waals surface area contributed by atoms with Crippen LogP contribution in [0.3, 0.4) is 0 Å². The van der Waals surface area contributed by atoms with Crippen molar-refractivity contribution in [2.24, 2.45) is 0 Å². The van der Waals surface area contributed by atoms with Gasteiger partial charge in [0.1, 0.15) is 11.4 Å². The van der Waals surface area contributed by atoms with Crippen molar-refractivity contribution in [3.63, 3.8) is 0 Å². The predicted octanol–water partition coefficient (Wildman–Crippen LogP) is 1.76. The van der Waals surface area contributed by atoms with Crippen LogP contribution in [-0.2, 0) is 9.53 Å². The minimum atomic E-state index is -1.01. The number of carbonyl (C=O) groups is 1. The van der Waals surface area contributed by atoms with Crippen LogP contribution in [0.5, 0.6) is 5.75 Å². The van der Waals surface area contributed by atoms with Crippen LogP contribution in [0.2, 0.25) is 5.02 Å². The standard InChI is InChI=1S/C15H20ClNO4/c1-10(21-13-6-4-3-5-12(13)16)14(18)17-9-15(19)7-8-20-11(15)2/h3-6,10-11,19H,7-9H2,1-2H3,(H,17,18). The van der Waals surface area contributed by atoms with Crippen molar-refractivity contribution in [2.45, 2.75) is 38.1 Å². The van der Waals surface area contributed by atoms with Crippen LogP contribution in [0, 0.1) is 0 Å². The molecule has 1 heterocycles. The Kier molecular flexibility index (Phi) is 5.08. The molecule has 1 aliphatic rings. The Morgan fingerprint density at radius 2 is 2.33 bits per heavy atom. The maximum absolute atomic E-state index is 12.0. The first-order chi connectivity index (χ1) is 9.92. The van der Waals surface area contributed by atoms with E-state index in [1.165, 1.54) is 0 Å². The lowest BCUT2D eigenvalue weighted by Gasteiger charge is -2.27. The van der Waals surface area contributed by atoms with Gasteiger partial charge in [-0.25, -0.2) is 0 Å². The highest BCUT2D eigenvalue weighted by molar-refractivity contribution is 6.32. The van der Waals surface area contributed by atoms with Crippen LogP contribution >= 0.6 is 11.6 Å². The number of carbonyl (C=O) groups excluding carboxylic acids is 1. The van der Waals surface area contributed by atoms with Crippen molar-refractivity contribution >= 4 is 17.5 Å². The number of halogens is 1. The van der Waals surface area contributed by atoms with Crippen LogP contribution in [0.4, 0.5) is 0 Å². The molecule has 0 aromatic heterocycles. The third kappa shape index (κ3) is 3.87. The van der Waals surface area contributed by atoms with Gasteiger partial charge >= 0.3 is 0 Å². The van der Waals surface area contributed by atoms with Crippen LogP contribution in [0.1, 0.15) is 20.3 Å². The highest BCUT2D eigenvalue weighted by atomic mass is 35.5. The summed E-state index contributed by atoms with van der Waals surface area (Å²) in [5, 5.41) is 13.5. The first kappa shape index (κ1) is 16.1. The van der Waals surface area contributed by atoms with Gasteiger partial charge in [-0.2, -0.15) is 0 Å². The summed E-state index contributed by atoms with van der Waals surface area (Å²) >= 11 is 5.98. The number of hydrogen-bond donors (Lipinski definition) is 2. The molecule has 0 saturated carbocycles. The fourth-order valence-corrected chi connectivity index (χ4v) is 2.35. The Balaban J connectivity index is 1.87. The molecule has 1 aromatic carbocycles. The minimum absolute atomic E-state index is 0.142. The molecule has 21 heavy (non-hydrogen) atoms. The third-order valence-electron chi connectivity index (χ3n) is 3.74. The summed E-state index contributed by atoms with van der Waals surface area (Å²) in [5.41, 5.74) is -1.01. The Morgan fingerprint density at radius 1 is 1.62 bits per heavy atom. The van der Waals surface area contributed by atoms with E-state index in [4.69, 9.17) is 21.1 Å². The fraction of sp³-hybridized carbons (Fsp3) is 0.533. The number of aliphatic hydroxyl groups is 1. The van der Waals surface area contributed by atoms with Crippen LogP contribution in [-0.4, -0.2) is 42.0 Å². The molecule has 1 amide bonds. The van der Waals surface area contributed by atoms with Gasteiger partial charge in [-0.15, -0.1) is 0 Å². The smallest absolute Gasteiger partial charge is 0.260 e. The first-order valence-corrected chi connectivity index (χ1v) is 7.33. The molecule has 1 aromatic rings. The maximum atomic E-state index is 12.0. The number of amides is 1. The fourth-order valence-electron chi connectivity index (χ4n) is 2.17. The summed E-state index contributed by atoms with van der Waals surface area (Å²) in [6, 6.07) is 6.97. The molecule has 1 saturated heterocycles. The molecular weight excluding hydrogens is 294 g/mol. The second kappa shape index (κ2) is 6.64. The van der Waals surface area contributed by atoms with Gasteiger partial charge in [0.15, 0.2) is 6.10 Å². The van der Waals surface area contributed by atoms with E-state index >= 15 is 0 Å². The lowest BCUT2D eigenvalue weighted by Crippen LogP contribution is -2.49. The van der Waals surface area contributed by atoms with Gasteiger partial charge in [-0.3, -0.25) is 4.79 Å². The van der Waals surface area contributed by atoms with E-state index < -0.39 is 11.7 Å². The SMILES string of the molecule is CC(Oc1ccccc1Cl)C(=O)NCC1(O)CCOC1C. The van der Waals surface area contributed by atoms with E-state index in [1.807, 2.05) is 0 Å². The van der Waals surface area contributed by atoms with Gasteiger partial charge in [0, 0.05) is 19.6 Å². The summed E-state index contributed by atoms with van der Waals surface area (Å²) in [4.78, 5) is 12.0. The molecule has 3 unspecified atom stereocenters. The number of hydrogen-bond acceptors (Lipinski definition) is 4. The van der Waals surface area contributed by atoms with Crippen molar-refractivity contribution < 1.29 is 19.4 Å². The summed E-state index contributed by atoms with van der Waals surface area (Å²) in [7, 11) is 0. The molecular formula is C15H20ClNO4. The van der Waals surface area contributed by atoms with Crippen LogP contribution < -0.4 is 10.1 Å². The molecule has 1 fully saturated rings. The highest BCUT2D eigenvalue weighted by Gasteiger charge is 2.40. The molecule has 0 radical (unpaired) electrons. The van der Waals surface area contributed by atoms with Crippen molar-refractivity contribution in [2.75, 3.05) is 13.2 Å². The largest absolute Gasteiger partial charge is 0.479 e. The van der Waals surface area contributed by atoms with E-state index in [-0.39, 0.29) is 18.6 Å². The van der Waals surface area contributed by atoms with Gasteiger partial charge in [0.05, 0.1) is 11.1 Å². The monoisotopic (exact) mass is 313 g/mol. The highest BCUT2D eigenvalue weighted by Crippen LogP contribution is 2.25. The zero-order valence-corrected chi connectivity index (χ0v) is 12.9. The number of para-hydroxylation sites is 1. The van der Waals surface area contributed by atoms with Crippen molar-refractivity contribution in [3.05, 3.63) is 29.3 Å². The van der Waals surface area contributed by atoms with E-state index in [2.05, 4.69) is 5.32 Å². The van der Waals surface area contributed by atoms with E-state index in [1.54, 1.807) is 38.1 Å². The molecule has 6 heteroatoms. The molecule has 2 N–H and O–H groups in total. The van der Waals surface area contributed by atoms with Gasteiger partial charge in [0.25, 0.3) is 5.91 Å². The number of benzene rings is 1. The zero-order valence-electron chi connectivity index (χ0n) is 12.1. The summed E-state index contributed by atoms with van der Waals surface area (Å²) in [6.45, 7) is 4.07. The zero-order chi connectivity index (χ0) is 15.5. The second-order valence-electron chi connectivity index (χ2n) is 5.27. The van der Waals surface area contributed by atoms with Crippen LogP contribution in [0.25, 0.3) is 0 Å². The second-order valence-corrected chi connectivity index (χ2v) is 5.68. The Bertz CT molecular complexity index is 510. The molecule has 5 nitrogen and oxygen atoms in total. The number of nitrogens with one attached hydrogen (secondary N) is 1. The normalized spacial score (nSPS) is 26.4. The number of rotatable bonds is 5. The molecule has 0 bridgehead atoms. The van der Waals surface area contributed by atoms with E-state index in [0.717, 1.165) is 0 Å². The van der Waals surface area contributed by atoms with E-state index in [0.29, 0.717) is 23.8 Å². The van der Waals surface area contributed by atoms with E-state index in [9.17, 15) is 9.90 Å². The Morgan fingerprint density at radius 3 is 2.95 bits per heavy atom. The average molecular weight is 314 g/mol. The predicted molar refractivity (Wildman–Crippen MR) is 79.5 cm³/mol. The first-order valence-electron chi connectivity index (χ1n) is 6.95. The molecule has 2 rings (SSSR count). The maximum Gasteiger partial charge on any atom is 0.260 e.